The van der Waals surface area contributed by atoms with E-state index in [1.807, 2.05) is 24.3 Å². The molecule has 0 saturated carbocycles. The fraction of sp³-hybridized carbons (Fsp3) is 0.0517. The lowest BCUT2D eigenvalue weighted by molar-refractivity contribution is 0.660. The van der Waals surface area contributed by atoms with Crippen molar-refractivity contribution >= 4 is 10.8 Å². The second kappa shape index (κ2) is 14.8. The van der Waals surface area contributed by atoms with Crippen LogP contribution in [-0.4, -0.2) is 15.0 Å². The van der Waals surface area contributed by atoms with Crippen LogP contribution in [-0.2, 0) is 5.41 Å². The van der Waals surface area contributed by atoms with Crippen molar-refractivity contribution in [2.45, 2.75) is 19.3 Å². The minimum Gasteiger partial charge on any atom is -0.208 e. The van der Waals surface area contributed by atoms with Gasteiger partial charge in [-0.15, -0.1) is 0 Å². The molecule has 1 aliphatic rings. The van der Waals surface area contributed by atoms with Crippen LogP contribution in [0.15, 0.2) is 212 Å². The molecule has 0 amide bonds. The average molecular weight is 780 g/mol. The highest BCUT2D eigenvalue weighted by atomic mass is 15.0. The zero-order valence-corrected chi connectivity index (χ0v) is 34.0. The molecular formula is C58H41N3. The molecule has 0 saturated heterocycles. The van der Waals surface area contributed by atoms with Crippen molar-refractivity contribution in [3.05, 3.63) is 223 Å². The summed E-state index contributed by atoms with van der Waals surface area (Å²) in [6, 6.07) is 75.8. The highest BCUT2D eigenvalue weighted by Crippen LogP contribution is 2.52. The minimum atomic E-state index is -0.129. The van der Waals surface area contributed by atoms with Gasteiger partial charge >= 0.3 is 0 Å². The number of aromatic nitrogens is 3. The third-order valence-corrected chi connectivity index (χ3v) is 12.3. The first-order chi connectivity index (χ1) is 30.0. The molecule has 1 aliphatic carbocycles. The SMILES string of the molecule is CC1(C)c2ccccc2-c2cc(-c3cccc4ccccc34)c(-c3cccc(-c4cccc(-c5nc(-c6ccccc6)nc(-c6ccc(-c7ccccc7)cc6)n5)c4)c3)cc21. The smallest absolute Gasteiger partial charge is 0.164 e. The normalized spacial score (nSPS) is 12.6. The first-order valence-corrected chi connectivity index (χ1v) is 20.9. The molecule has 3 nitrogen and oxygen atoms in total. The summed E-state index contributed by atoms with van der Waals surface area (Å²) < 4.78 is 0. The van der Waals surface area contributed by atoms with Gasteiger partial charge in [0, 0.05) is 22.1 Å². The Labute approximate surface area is 356 Å². The Balaban J connectivity index is 1.03. The van der Waals surface area contributed by atoms with Gasteiger partial charge in [-0.3, -0.25) is 0 Å². The molecule has 10 aromatic rings. The molecule has 0 radical (unpaired) electrons. The van der Waals surface area contributed by atoms with Gasteiger partial charge in [-0.05, 0) is 102 Å². The van der Waals surface area contributed by atoms with Crippen LogP contribution in [0.2, 0.25) is 0 Å². The predicted octanol–water partition coefficient (Wildman–Crippen LogP) is 15.0. The molecule has 0 spiro atoms. The van der Waals surface area contributed by atoms with Crippen LogP contribution in [0.4, 0.5) is 0 Å². The van der Waals surface area contributed by atoms with E-state index >= 15 is 0 Å². The molecule has 0 unspecified atom stereocenters. The molecule has 0 aliphatic heterocycles. The molecule has 1 heterocycles. The number of rotatable bonds is 7. The van der Waals surface area contributed by atoms with E-state index in [0.717, 1.165) is 33.4 Å². The molecule has 0 fully saturated rings. The van der Waals surface area contributed by atoms with E-state index in [0.29, 0.717) is 17.5 Å². The predicted molar refractivity (Wildman–Crippen MR) is 253 cm³/mol. The van der Waals surface area contributed by atoms with Gasteiger partial charge in [-0.1, -0.05) is 202 Å². The van der Waals surface area contributed by atoms with Crippen molar-refractivity contribution in [3.8, 4) is 89.8 Å². The molecule has 288 valence electrons. The van der Waals surface area contributed by atoms with Crippen LogP contribution in [0.5, 0.6) is 0 Å². The standard InChI is InChI=1S/C58H41N3/c1-58(2)53-29-12-11-27-49(53)52-36-51(48-28-15-21-40-18-9-10-26-47(40)48)50(37-54(52)58)45-24-13-22-43(34-45)44-23-14-25-46(35-44)57-60-55(41-19-7-4-8-20-41)59-56(61-57)42-32-30-39(31-33-42)38-16-5-3-6-17-38/h3-37H,1-2H3. The van der Waals surface area contributed by atoms with Gasteiger partial charge in [-0.2, -0.15) is 0 Å². The second-order valence-electron chi connectivity index (χ2n) is 16.4. The zero-order valence-electron chi connectivity index (χ0n) is 34.0. The molecule has 9 aromatic carbocycles. The number of benzene rings is 9. The summed E-state index contributed by atoms with van der Waals surface area (Å²) in [7, 11) is 0. The summed E-state index contributed by atoms with van der Waals surface area (Å²) in [5.41, 5.74) is 17.5. The van der Waals surface area contributed by atoms with Crippen molar-refractivity contribution in [2.24, 2.45) is 0 Å². The Morgan fingerprint density at radius 3 is 1.49 bits per heavy atom. The Morgan fingerprint density at radius 1 is 0.279 bits per heavy atom. The zero-order chi connectivity index (χ0) is 40.9. The van der Waals surface area contributed by atoms with Gasteiger partial charge in [0.05, 0.1) is 0 Å². The molecular weight excluding hydrogens is 739 g/mol. The van der Waals surface area contributed by atoms with Crippen LogP contribution < -0.4 is 0 Å². The third-order valence-electron chi connectivity index (χ3n) is 12.3. The lowest BCUT2D eigenvalue weighted by Crippen LogP contribution is -2.15. The van der Waals surface area contributed by atoms with Crippen molar-refractivity contribution in [1.82, 2.24) is 15.0 Å². The Hall–Kier alpha value is -7.75. The van der Waals surface area contributed by atoms with Crippen LogP contribution >= 0.6 is 0 Å². The highest BCUT2D eigenvalue weighted by molar-refractivity contribution is 6.03. The quantitative estimate of drug-likeness (QED) is 0.162. The summed E-state index contributed by atoms with van der Waals surface area (Å²) >= 11 is 0. The molecule has 1 aromatic heterocycles. The summed E-state index contributed by atoms with van der Waals surface area (Å²) in [4.78, 5) is 15.2. The monoisotopic (exact) mass is 779 g/mol. The fourth-order valence-electron chi connectivity index (χ4n) is 9.17. The summed E-state index contributed by atoms with van der Waals surface area (Å²) in [5, 5.41) is 2.48. The number of nitrogens with zero attached hydrogens (tertiary/aromatic N) is 3. The molecule has 0 N–H and O–H groups in total. The van der Waals surface area contributed by atoms with Crippen LogP contribution in [0, 0.1) is 0 Å². The molecule has 0 bridgehead atoms. The van der Waals surface area contributed by atoms with E-state index in [1.165, 1.54) is 60.8 Å². The van der Waals surface area contributed by atoms with E-state index in [9.17, 15) is 0 Å². The molecule has 11 rings (SSSR count). The summed E-state index contributed by atoms with van der Waals surface area (Å²) in [6.07, 6.45) is 0. The lowest BCUT2D eigenvalue weighted by atomic mass is 9.80. The third kappa shape index (κ3) is 6.52. The first kappa shape index (κ1) is 36.3. The Kier molecular flexibility index (Phi) is 8.82. The Morgan fingerprint density at radius 2 is 0.754 bits per heavy atom. The Bertz CT molecular complexity index is 3250. The topological polar surface area (TPSA) is 38.7 Å². The van der Waals surface area contributed by atoms with Crippen molar-refractivity contribution in [2.75, 3.05) is 0 Å². The van der Waals surface area contributed by atoms with Crippen molar-refractivity contribution in [3.63, 3.8) is 0 Å². The summed E-state index contributed by atoms with van der Waals surface area (Å²) in [6.45, 7) is 4.72. The maximum atomic E-state index is 5.11. The average Bonchev–Trinajstić information content (AvgIpc) is 3.56. The van der Waals surface area contributed by atoms with E-state index < -0.39 is 0 Å². The van der Waals surface area contributed by atoms with Gasteiger partial charge < -0.3 is 0 Å². The van der Waals surface area contributed by atoms with Crippen LogP contribution in [0.25, 0.3) is 101 Å². The van der Waals surface area contributed by atoms with Gasteiger partial charge in [-0.25, -0.2) is 15.0 Å². The number of hydrogen-bond acceptors (Lipinski definition) is 3. The first-order valence-electron chi connectivity index (χ1n) is 20.9. The lowest BCUT2D eigenvalue weighted by Gasteiger charge is -2.23. The molecule has 61 heavy (non-hydrogen) atoms. The number of fused-ring (bicyclic) bond motifs is 4. The molecule has 3 heteroatoms. The van der Waals surface area contributed by atoms with Gasteiger partial charge in [0.2, 0.25) is 0 Å². The van der Waals surface area contributed by atoms with E-state index in [1.54, 1.807) is 0 Å². The molecule has 0 atom stereocenters. The van der Waals surface area contributed by atoms with Gasteiger partial charge in [0.1, 0.15) is 0 Å². The van der Waals surface area contributed by atoms with E-state index in [4.69, 9.17) is 15.0 Å². The fourth-order valence-corrected chi connectivity index (χ4v) is 9.17. The minimum absolute atomic E-state index is 0.129. The summed E-state index contributed by atoms with van der Waals surface area (Å²) in [5.74, 6) is 1.91. The van der Waals surface area contributed by atoms with E-state index in [2.05, 4.69) is 202 Å². The maximum Gasteiger partial charge on any atom is 0.164 e. The largest absolute Gasteiger partial charge is 0.208 e. The van der Waals surface area contributed by atoms with Gasteiger partial charge in [0.15, 0.2) is 17.5 Å². The van der Waals surface area contributed by atoms with Crippen molar-refractivity contribution < 1.29 is 0 Å². The second-order valence-corrected chi connectivity index (χ2v) is 16.4. The highest BCUT2D eigenvalue weighted by Gasteiger charge is 2.36. The van der Waals surface area contributed by atoms with Gasteiger partial charge in [0.25, 0.3) is 0 Å². The van der Waals surface area contributed by atoms with Crippen LogP contribution in [0.1, 0.15) is 25.0 Å². The van der Waals surface area contributed by atoms with Crippen molar-refractivity contribution in [1.29, 1.82) is 0 Å². The van der Waals surface area contributed by atoms with Crippen LogP contribution in [0.3, 0.4) is 0 Å². The van der Waals surface area contributed by atoms with E-state index in [-0.39, 0.29) is 5.41 Å². The number of hydrogen-bond donors (Lipinski definition) is 0. The maximum absolute atomic E-state index is 5.11.